The highest BCUT2D eigenvalue weighted by Crippen LogP contribution is 2.10. The highest BCUT2D eigenvalue weighted by atomic mass is 16.7. The van der Waals surface area contributed by atoms with Crippen molar-refractivity contribution in [3.8, 4) is 0 Å². The molecule has 0 saturated carbocycles. The molecule has 1 atom stereocenters. The maximum absolute atomic E-state index is 11.0. The predicted octanol–water partition coefficient (Wildman–Crippen LogP) is 4.00. The monoisotopic (exact) mass is 318 g/mol. The summed E-state index contributed by atoms with van der Waals surface area (Å²) in [7, 11) is 0. The molecular weight excluding hydrogens is 284 g/mol. The highest BCUT2D eigenvalue weighted by molar-refractivity contribution is 5.70. The molecule has 1 unspecified atom stereocenters. The number of carboxylic acid groups (broad SMARTS) is 1. The largest absolute Gasteiger partial charge is 0.477 e. The van der Waals surface area contributed by atoms with Gasteiger partial charge in [-0.3, -0.25) is 0 Å². The van der Waals surface area contributed by atoms with Crippen LogP contribution in [0, 0.1) is 0 Å². The minimum absolute atomic E-state index is 0.239. The molecule has 0 aromatic carbocycles. The van der Waals surface area contributed by atoms with E-state index in [2.05, 4.69) is 6.92 Å². The van der Waals surface area contributed by atoms with E-state index in [0.717, 1.165) is 12.8 Å². The number of unbranched alkanes of at least 4 members (excludes halogenated alkanes) is 8. The molecule has 0 saturated heterocycles. The van der Waals surface area contributed by atoms with Crippen molar-refractivity contribution >= 4 is 5.97 Å². The van der Waals surface area contributed by atoms with E-state index in [1.54, 1.807) is 0 Å². The van der Waals surface area contributed by atoms with Crippen molar-refractivity contribution in [1.29, 1.82) is 0 Å². The van der Waals surface area contributed by atoms with Gasteiger partial charge >= 0.3 is 5.97 Å². The average Bonchev–Trinajstić information content (AvgIpc) is 2.50. The van der Waals surface area contributed by atoms with Crippen LogP contribution >= 0.6 is 0 Å². The van der Waals surface area contributed by atoms with Crippen LogP contribution in [-0.4, -0.2) is 43.8 Å². The van der Waals surface area contributed by atoms with Gasteiger partial charge < -0.3 is 19.3 Å². The molecule has 0 aliphatic heterocycles. The lowest BCUT2D eigenvalue weighted by atomic mass is 10.1. The van der Waals surface area contributed by atoms with E-state index in [-0.39, 0.29) is 6.61 Å². The maximum Gasteiger partial charge on any atom is 0.361 e. The molecule has 22 heavy (non-hydrogen) atoms. The predicted molar refractivity (Wildman–Crippen MR) is 87.0 cm³/mol. The molecule has 0 aromatic heterocycles. The number of carbonyl (C=O) groups is 1. The van der Waals surface area contributed by atoms with Crippen LogP contribution < -0.4 is 0 Å². The SMILES string of the molecule is CCCCCCCCCCCOC(OCCOCC)C(=O)O. The summed E-state index contributed by atoms with van der Waals surface area (Å²) in [6.07, 6.45) is 9.86. The molecule has 0 bridgehead atoms. The smallest absolute Gasteiger partial charge is 0.361 e. The van der Waals surface area contributed by atoms with Gasteiger partial charge in [-0.1, -0.05) is 58.3 Å². The van der Waals surface area contributed by atoms with Gasteiger partial charge in [0.25, 0.3) is 6.29 Å². The second kappa shape index (κ2) is 16.7. The second-order valence-electron chi connectivity index (χ2n) is 5.44. The van der Waals surface area contributed by atoms with Crippen LogP contribution in [0.1, 0.15) is 71.6 Å². The first-order chi connectivity index (χ1) is 10.7. The quantitative estimate of drug-likeness (QED) is 0.324. The van der Waals surface area contributed by atoms with Gasteiger partial charge in [-0.25, -0.2) is 4.79 Å². The molecule has 0 aromatic rings. The molecule has 0 amide bonds. The molecule has 5 heteroatoms. The van der Waals surface area contributed by atoms with Crippen LogP contribution in [0.15, 0.2) is 0 Å². The van der Waals surface area contributed by atoms with Crippen molar-refractivity contribution < 1.29 is 24.1 Å². The number of rotatable bonds is 17. The van der Waals surface area contributed by atoms with Gasteiger partial charge in [-0.15, -0.1) is 0 Å². The van der Waals surface area contributed by atoms with E-state index in [1.807, 2.05) is 6.92 Å². The summed E-state index contributed by atoms with van der Waals surface area (Å²) < 4.78 is 15.5. The zero-order chi connectivity index (χ0) is 16.5. The molecule has 0 rings (SSSR count). The summed E-state index contributed by atoms with van der Waals surface area (Å²) in [5.41, 5.74) is 0. The van der Waals surface area contributed by atoms with Crippen LogP contribution in [-0.2, 0) is 19.0 Å². The minimum Gasteiger partial charge on any atom is -0.477 e. The molecule has 132 valence electrons. The van der Waals surface area contributed by atoms with Crippen molar-refractivity contribution in [3.05, 3.63) is 0 Å². The van der Waals surface area contributed by atoms with Gasteiger partial charge in [0.05, 0.1) is 19.8 Å². The summed E-state index contributed by atoms with van der Waals surface area (Å²) in [4.78, 5) is 11.0. The van der Waals surface area contributed by atoms with Gasteiger partial charge in [0, 0.05) is 6.61 Å². The third-order valence-electron chi connectivity index (χ3n) is 3.42. The van der Waals surface area contributed by atoms with E-state index < -0.39 is 12.3 Å². The van der Waals surface area contributed by atoms with Gasteiger partial charge in [-0.05, 0) is 13.3 Å². The molecule has 0 aliphatic carbocycles. The zero-order valence-electron chi connectivity index (χ0n) is 14.3. The lowest BCUT2D eigenvalue weighted by molar-refractivity contribution is -0.192. The van der Waals surface area contributed by atoms with Crippen molar-refractivity contribution in [2.75, 3.05) is 26.4 Å². The summed E-state index contributed by atoms with van der Waals surface area (Å²) in [5.74, 6) is -1.08. The Morgan fingerprint density at radius 1 is 0.818 bits per heavy atom. The van der Waals surface area contributed by atoms with E-state index in [9.17, 15) is 4.79 Å². The minimum atomic E-state index is -1.17. The first kappa shape index (κ1) is 21.4. The van der Waals surface area contributed by atoms with Gasteiger partial charge in [0.15, 0.2) is 0 Å². The van der Waals surface area contributed by atoms with Gasteiger partial charge in [0.1, 0.15) is 0 Å². The average molecular weight is 318 g/mol. The third kappa shape index (κ3) is 14.3. The van der Waals surface area contributed by atoms with Crippen molar-refractivity contribution in [2.45, 2.75) is 77.9 Å². The first-order valence-corrected chi connectivity index (χ1v) is 8.76. The first-order valence-electron chi connectivity index (χ1n) is 8.76. The number of carboxylic acids is 1. The molecule has 0 fully saturated rings. The van der Waals surface area contributed by atoms with Crippen molar-refractivity contribution in [2.24, 2.45) is 0 Å². The van der Waals surface area contributed by atoms with Crippen LogP contribution in [0.3, 0.4) is 0 Å². The number of hydrogen-bond acceptors (Lipinski definition) is 4. The summed E-state index contributed by atoms with van der Waals surface area (Å²) in [6, 6.07) is 0. The Balaban J connectivity index is 3.42. The van der Waals surface area contributed by atoms with Crippen LogP contribution in [0.2, 0.25) is 0 Å². The Hall–Kier alpha value is -0.650. The van der Waals surface area contributed by atoms with Crippen molar-refractivity contribution in [1.82, 2.24) is 0 Å². The summed E-state index contributed by atoms with van der Waals surface area (Å²) in [5, 5.41) is 8.98. The molecule has 0 heterocycles. The molecule has 0 aliphatic rings. The Bertz CT molecular complexity index is 245. The van der Waals surface area contributed by atoms with Gasteiger partial charge in [0.2, 0.25) is 0 Å². The molecular formula is C17H34O5. The number of hydrogen-bond donors (Lipinski definition) is 1. The lowest BCUT2D eigenvalue weighted by Crippen LogP contribution is -2.29. The fraction of sp³-hybridized carbons (Fsp3) is 0.941. The van der Waals surface area contributed by atoms with Gasteiger partial charge in [-0.2, -0.15) is 0 Å². The maximum atomic E-state index is 11.0. The van der Waals surface area contributed by atoms with Crippen LogP contribution in [0.5, 0.6) is 0 Å². The van der Waals surface area contributed by atoms with E-state index >= 15 is 0 Å². The van der Waals surface area contributed by atoms with Crippen LogP contribution in [0.25, 0.3) is 0 Å². The summed E-state index contributed by atoms with van der Waals surface area (Å²) >= 11 is 0. The standard InChI is InChI=1S/C17H34O5/c1-3-5-6-7-8-9-10-11-12-13-21-17(16(18)19)22-15-14-20-4-2/h17H,3-15H2,1-2H3,(H,18,19). The molecule has 5 nitrogen and oxygen atoms in total. The lowest BCUT2D eigenvalue weighted by Gasteiger charge is -2.14. The fourth-order valence-electron chi connectivity index (χ4n) is 2.15. The number of aliphatic carboxylic acids is 1. The van der Waals surface area contributed by atoms with Crippen molar-refractivity contribution in [3.63, 3.8) is 0 Å². The number of ether oxygens (including phenoxy) is 3. The Labute approximate surface area is 135 Å². The Morgan fingerprint density at radius 3 is 1.91 bits per heavy atom. The van der Waals surface area contributed by atoms with E-state index in [4.69, 9.17) is 19.3 Å². The van der Waals surface area contributed by atoms with E-state index in [0.29, 0.717) is 19.8 Å². The normalized spacial score (nSPS) is 12.5. The fourth-order valence-corrected chi connectivity index (χ4v) is 2.15. The molecule has 0 spiro atoms. The highest BCUT2D eigenvalue weighted by Gasteiger charge is 2.18. The Kier molecular flexibility index (Phi) is 16.2. The van der Waals surface area contributed by atoms with Crippen LogP contribution in [0.4, 0.5) is 0 Å². The topological polar surface area (TPSA) is 65.0 Å². The van der Waals surface area contributed by atoms with E-state index in [1.165, 1.54) is 44.9 Å². The second-order valence-corrected chi connectivity index (χ2v) is 5.44. The zero-order valence-corrected chi connectivity index (χ0v) is 14.3. The molecule has 0 radical (unpaired) electrons. The third-order valence-corrected chi connectivity index (χ3v) is 3.42. The summed E-state index contributed by atoms with van der Waals surface area (Å²) in [6.45, 7) is 5.77. The Morgan fingerprint density at radius 2 is 1.36 bits per heavy atom. The molecule has 1 N–H and O–H groups in total.